The normalized spacial score (nSPS) is 25.6. The first-order chi connectivity index (χ1) is 9.75. The molecule has 0 aromatic heterocycles. The molecule has 1 unspecified atom stereocenters. The second-order valence-corrected chi connectivity index (χ2v) is 6.42. The fourth-order valence-corrected chi connectivity index (χ4v) is 3.55. The summed E-state index contributed by atoms with van der Waals surface area (Å²) < 4.78 is 5.35. The Morgan fingerprint density at radius 3 is 2.09 bits per heavy atom. The van der Waals surface area contributed by atoms with Crippen molar-refractivity contribution in [3.05, 3.63) is 0 Å². The molecule has 3 aliphatic rings. The molecule has 22 heavy (non-hydrogen) atoms. The number of ether oxygens (including phenoxy) is 1. The van der Waals surface area contributed by atoms with Crippen LogP contribution < -0.4 is 5.73 Å². The summed E-state index contributed by atoms with van der Waals surface area (Å²) in [5.41, 5.74) is 6.19. The number of hydrogen-bond donors (Lipinski definition) is 1. The number of amides is 1. The minimum Gasteiger partial charge on any atom is -0.381 e. The van der Waals surface area contributed by atoms with Crippen molar-refractivity contribution < 1.29 is 9.53 Å². The number of nitrogens with zero attached hydrogens (tertiary/aromatic N) is 2. The predicted octanol–water partition coefficient (Wildman–Crippen LogP) is 1.28. The number of halogens is 2. The van der Waals surface area contributed by atoms with Crippen LogP contribution in [0.2, 0.25) is 0 Å². The molecule has 2 saturated heterocycles. The van der Waals surface area contributed by atoms with Crippen LogP contribution in [0.4, 0.5) is 0 Å². The highest BCUT2D eigenvalue weighted by Crippen LogP contribution is 2.26. The van der Waals surface area contributed by atoms with E-state index >= 15 is 0 Å². The number of carbonyl (C=O) groups excluding carboxylic acids is 1. The second kappa shape index (κ2) is 9.28. The van der Waals surface area contributed by atoms with Crippen molar-refractivity contribution in [2.24, 2.45) is 11.7 Å². The van der Waals surface area contributed by atoms with Gasteiger partial charge in [0.2, 0.25) is 5.91 Å². The lowest BCUT2D eigenvalue weighted by Gasteiger charge is -2.43. The summed E-state index contributed by atoms with van der Waals surface area (Å²) in [4.78, 5) is 17.0. The summed E-state index contributed by atoms with van der Waals surface area (Å²) in [7, 11) is 0. The number of hydrogen-bond acceptors (Lipinski definition) is 4. The summed E-state index contributed by atoms with van der Waals surface area (Å²) in [5.74, 6) is 0.464. The molecule has 3 rings (SSSR count). The zero-order valence-corrected chi connectivity index (χ0v) is 14.7. The Labute approximate surface area is 145 Å². The van der Waals surface area contributed by atoms with Gasteiger partial charge in [-0.05, 0) is 31.6 Å². The van der Waals surface area contributed by atoms with E-state index in [0.717, 1.165) is 58.3 Å². The standard InChI is InChI=1S/C15H27N3O2.2ClH/c16-14(12-4-10-20-11-5-12)15(19)18-8-6-17(7-9-18)13-2-1-3-13;;/h12-14H,1-11,16H2;2*1H. The summed E-state index contributed by atoms with van der Waals surface area (Å²) in [5, 5.41) is 0. The summed E-state index contributed by atoms with van der Waals surface area (Å²) >= 11 is 0. The fraction of sp³-hybridized carbons (Fsp3) is 0.933. The van der Waals surface area contributed by atoms with Gasteiger partial charge in [-0.25, -0.2) is 0 Å². The second-order valence-electron chi connectivity index (χ2n) is 6.42. The first kappa shape index (κ1) is 20.0. The van der Waals surface area contributed by atoms with E-state index in [1.165, 1.54) is 19.3 Å². The summed E-state index contributed by atoms with van der Waals surface area (Å²) in [6, 6.07) is 0.463. The van der Waals surface area contributed by atoms with Gasteiger partial charge in [0, 0.05) is 45.4 Å². The van der Waals surface area contributed by atoms with Crippen molar-refractivity contribution in [1.29, 1.82) is 0 Å². The molecule has 7 heteroatoms. The Bertz CT molecular complexity index is 342. The highest BCUT2D eigenvalue weighted by Gasteiger charge is 2.33. The minimum absolute atomic E-state index is 0. The molecular formula is C15H29Cl2N3O2. The van der Waals surface area contributed by atoms with Crippen LogP contribution in [-0.2, 0) is 9.53 Å². The van der Waals surface area contributed by atoms with Crippen LogP contribution >= 0.6 is 24.8 Å². The van der Waals surface area contributed by atoms with E-state index in [1.807, 2.05) is 4.90 Å². The molecule has 5 nitrogen and oxygen atoms in total. The fourth-order valence-electron chi connectivity index (χ4n) is 3.55. The van der Waals surface area contributed by atoms with Gasteiger partial charge in [-0.3, -0.25) is 9.69 Å². The lowest BCUT2D eigenvalue weighted by molar-refractivity contribution is -0.137. The third-order valence-electron chi connectivity index (χ3n) is 5.28. The monoisotopic (exact) mass is 353 g/mol. The molecule has 1 saturated carbocycles. The van der Waals surface area contributed by atoms with Crippen LogP contribution in [-0.4, -0.2) is 67.2 Å². The van der Waals surface area contributed by atoms with Crippen LogP contribution in [0.5, 0.6) is 0 Å². The van der Waals surface area contributed by atoms with E-state index in [9.17, 15) is 4.79 Å². The highest BCUT2D eigenvalue weighted by molar-refractivity contribution is 5.85. The summed E-state index contributed by atoms with van der Waals surface area (Å²) in [6.45, 7) is 5.26. The number of piperazine rings is 1. The van der Waals surface area contributed by atoms with Crippen LogP contribution in [0.1, 0.15) is 32.1 Å². The van der Waals surface area contributed by atoms with Crippen LogP contribution in [0, 0.1) is 5.92 Å². The molecule has 130 valence electrons. The third-order valence-corrected chi connectivity index (χ3v) is 5.28. The number of rotatable bonds is 3. The predicted molar refractivity (Wildman–Crippen MR) is 91.8 cm³/mol. The van der Waals surface area contributed by atoms with E-state index in [1.54, 1.807) is 0 Å². The Kier molecular flexibility index (Phi) is 8.43. The van der Waals surface area contributed by atoms with E-state index in [2.05, 4.69) is 4.90 Å². The molecule has 2 heterocycles. The van der Waals surface area contributed by atoms with Crippen molar-refractivity contribution in [3.8, 4) is 0 Å². The Balaban J connectivity index is 0.00000121. The minimum atomic E-state index is -0.325. The zero-order valence-electron chi connectivity index (χ0n) is 13.1. The van der Waals surface area contributed by atoms with E-state index in [0.29, 0.717) is 5.92 Å². The van der Waals surface area contributed by atoms with Gasteiger partial charge in [0.25, 0.3) is 0 Å². The first-order valence-corrected chi connectivity index (χ1v) is 8.12. The molecule has 1 amide bonds. The topological polar surface area (TPSA) is 58.8 Å². The Morgan fingerprint density at radius 2 is 1.59 bits per heavy atom. The Morgan fingerprint density at radius 1 is 1.00 bits per heavy atom. The van der Waals surface area contributed by atoms with Crippen molar-refractivity contribution in [1.82, 2.24) is 9.80 Å². The number of carbonyl (C=O) groups is 1. The molecule has 0 spiro atoms. The van der Waals surface area contributed by atoms with Crippen molar-refractivity contribution in [2.45, 2.75) is 44.2 Å². The molecule has 1 aliphatic carbocycles. The maximum atomic E-state index is 12.5. The molecular weight excluding hydrogens is 325 g/mol. The van der Waals surface area contributed by atoms with Gasteiger partial charge >= 0.3 is 0 Å². The molecule has 0 aromatic carbocycles. The maximum Gasteiger partial charge on any atom is 0.239 e. The molecule has 3 fully saturated rings. The van der Waals surface area contributed by atoms with Gasteiger partial charge in [-0.15, -0.1) is 24.8 Å². The van der Waals surface area contributed by atoms with E-state index in [4.69, 9.17) is 10.5 Å². The Hall–Kier alpha value is -0.0700. The van der Waals surface area contributed by atoms with E-state index in [-0.39, 0.29) is 36.8 Å². The molecule has 1 atom stereocenters. The van der Waals surface area contributed by atoms with Gasteiger partial charge in [0.1, 0.15) is 0 Å². The largest absolute Gasteiger partial charge is 0.381 e. The summed E-state index contributed by atoms with van der Waals surface area (Å²) in [6.07, 6.45) is 5.91. The maximum absolute atomic E-state index is 12.5. The van der Waals surface area contributed by atoms with Crippen LogP contribution in [0.25, 0.3) is 0 Å². The zero-order chi connectivity index (χ0) is 13.9. The lowest BCUT2D eigenvalue weighted by atomic mass is 9.90. The first-order valence-electron chi connectivity index (χ1n) is 8.12. The highest BCUT2D eigenvalue weighted by atomic mass is 35.5. The van der Waals surface area contributed by atoms with Gasteiger partial charge in [0.15, 0.2) is 0 Å². The average molecular weight is 354 g/mol. The van der Waals surface area contributed by atoms with Crippen molar-refractivity contribution in [3.63, 3.8) is 0 Å². The number of nitrogens with two attached hydrogens (primary N) is 1. The van der Waals surface area contributed by atoms with Crippen LogP contribution in [0.3, 0.4) is 0 Å². The molecule has 0 bridgehead atoms. The van der Waals surface area contributed by atoms with Crippen molar-refractivity contribution in [2.75, 3.05) is 39.4 Å². The van der Waals surface area contributed by atoms with Gasteiger partial charge < -0.3 is 15.4 Å². The van der Waals surface area contributed by atoms with Crippen LogP contribution in [0.15, 0.2) is 0 Å². The molecule has 2 N–H and O–H groups in total. The smallest absolute Gasteiger partial charge is 0.239 e. The quantitative estimate of drug-likeness (QED) is 0.830. The van der Waals surface area contributed by atoms with Crippen molar-refractivity contribution >= 4 is 30.7 Å². The van der Waals surface area contributed by atoms with E-state index < -0.39 is 0 Å². The lowest BCUT2D eigenvalue weighted by Crippen LogP contribution is -2.57. The molecule has 2 aliphatic heterocycles. The van der Waals surface area contributed by atoms with Gasteiger partial charge in [-0.1, -0.05) is 6.42 Å². The van der Waals surface area contributed by atoms with Gasteiger partial charge in [0.05, 0.1) is 6.04 Å². The molecule has 0 aromatic rings. The van der Waals surface area contributed by atoms with Gasteiger partial charge in [-0.2, -0.15) is 0 Å². The SMILES string of the molecule is Cl.Cl.NC(C(=O)N1CCN(C2CCC2)CC1)C1CCOCC1. The molecule has 0 radical (unpaired) electrons. The third kappa shape index (κ3) is 4.48. The average Bonchev–Trinajstić information content (AvgIpc) is 2.46.